The minimum Gasteiger partial charge on any atom is -0.324 e. The van der Waals surface area contributed by atoms with Gasteiger partial charge < -0.3 is 4.57 Å². The van der Waals surface area contributed by atoms with E-state index in [0.29, 0.717) is 0 Å². The Morgan fingerprint density at radius 3 is 2.33 bits per heavy atom. The maximum Gasteiger partial charge on any atom is 0.0481 e. The fraction of sp³-hybridized carbons (Fsp3) is 0.143. The van der Waals surface area contributed by atoms with Crippen molar-refractivity contribution >= 4 is 5.70 Å². The third kappa shape index (κ3) is 1.86. The summed E-state index contributed by atoms with van der Waals surface area (Å²) in [5.74, 6) is 0. The van der Waals surface area contributed by atoms with Crippen molar-refractivity contribution in [2.75, 3.05) is 0 Å². The van der Waals surface area contributed by atoms with Gasteiger partial charge in [-0.3, -0.25) is 0 Å². The van der Waals surface area contributed by atoms with Crippen LogP contribution in [0.5, 0.6) is 0 Å². The molecule has 76 valence electrons. The van der Waals surface area contributed by atoms with Gasteiger partial charge in [-0.25, -0.2) is 0 Å². The Balaban J connectivity index is 2.50. The molecule has 0 amide bonds. The Hall–Kier alpha value is -1.76. The number of aryl methyl sites for hydroxylation is 1. The van der Waals surface area contributed by atoms with Gasteiger partial charge in [-0.15, -0.1) is 0 Å². The van der Waals surface area contributed by atoms with E-state index >= 15 is 0 Å². The molecule has 2 aromatic rings. The van der Waals surface area contributed by atoms with E-state index < -0.39 is 0 Å². The van der Waals surface area contributed by atoms with Crippen LogP contribution in [0.25, 0.3) is 5.70 Å². The lowest BCUT2D eigenvalue weighted by Crippen LogP contribution is -1.97. The highest BCUT2D eigenvalue weighted by molar-refractivity contribution is 5.68. The summed E-state index contributed by atoms with van der Waals surface area (Å²) in [6.45, 7) is 4.21. The van der Waals surface area contributed by atoms with Crippen LogP contribution in [-0.4, -0.2) is 4.57 Å². The number of aromatic nitrogens is 1. The molecular formula is C14H15N. The number of hydrogen-bond acceptors (Lipinski definition) is 0. The molecule has 0 aliphatic heterocycles. The molecule has 0 aliphatic carbocycles. The van der Waals surface area contributed by atoms with Gasteiger partial charge in [0.15, 0.2) is 0 Å². The second kappa shape index (κ2) is 4.18. The molecule has 0 atom stereocenters. The Morgan fingerprint density at radius 2 is 1.73 bits per heavy atom. The summed E-state index contributed by atoms with van der Waals surface area (Å²) in [7, 11) is 0. The first-order chi connectivity index (χ1) is 7.33. The van der Waals surface area contributed by atoms with Gasteiger partial charge in [0.25, 0.3) is 0 Å². The molecule has 1 nitrogen and oxygen atoms in total. The topological polar surface area (TPSA) is 4.93 Å². The molecule has 15 heavy (non-hydrogen) atoms. The van der Waals surface area contributed by atoms with Crippen molar-refractivity contribution in [3.8, 4) is 0 Å². The number of hydrogen-bond donors (Lipinski definition) is 0. The average Bonchev–Trinajstić information content (AvgIpc) is 2.75. The van der Waals surface area contributed by atoms with Crippen LogP contribution >= 0.6 is 0 Å². The molecule has 1 heteroatoms. The van der Waals surface area contributed by atoms with Gasteiger partial charge >= 0.3 is 0 Å². The standard InChI is InChI=1S/C14H15N/c1-3-14(15-10-6-7-11-15)13-9-5-4-8-12(13)2/h3-11H,1-2H3/b14-3+. The zero-order valence-corrected chi connectivity index (χ0v) is 9.14. The van der Waals surface area contributed by atoms with Crippen LogP contribution in [0.1, 0.15) is 18.1 Å². The minimum absolute atomic E-state index is 1.23. The van der Waals surface area contributed by atoms with Crippen molar-refractivity contribution in [3.63, 3.8) is 0 Å². The highest BCUT2D eigenvalue weighted by atomic mass is 14.9. The third-order valence-electron chi connectivity index (χ3n) is 2.58. The molecule has 0 unspecified atom stereocenters. The summed E-state index contributed by atoms with van der Waals surface area (Å²) in [6.07, 6.45) is 6.28. The Labute approximate surface area is 90.7 Å². The first kappa shape index (κ1) is 9.78. The van der Waals surface area contributed by atoms with E-state index in [1.54, 1.807) is 0 Å². The van der Waals surface area contributed by atoms with Crippen molar-refractivity contribution < 1.29 is 0 Å². The van der Waals surface area contributed by atoms with Crippen LogP contribution in [-0.2, 0) is 0 Å². The Morgan fingerprint density at radius 1 is 1.07 bits per heavy atom. The first-order valence-corrected chi connectivity index (χ1v) is 5.18. The molecule has 1 aromatic carbocycles. The zero-order valence-electron chi connectivity index (χ0n) is 9.14. The molecular weight excluding hydrogens is 182 g/mol. The second-order valence-corrected chi connectivity index (χ2v) is 3.58. The van der Waals surface area contributed by atoms with Crippen molar-refractivity contribution in [1.82, 2.24) is 4.57 Å². The van der Waals surface area contributed by atoms with Crippen LogP contribution in [0.4, 0.5) is 0 Å². The molecule has 0 saturated carbocycles. The van der Waals surface area contributed by atoms with E-state index in [1.807, 2.05) is 12.1 Å². The number of rotatable bonds is 2. The quantitative estimate of drug-likeness (QED) is 0.691. The lowest BCUT2D eigenvalue weighted by Gasteiger charge is -2.11. The van der Waals surface area contributed by atoms with E-state index in [1.165, 1.54) is 16.8 Å². The molecule has 0 aliphatic rings. The fourth-order valence-corrected chi connectivity index (χ4v) is 1.80. The summed E-state index contributed by atoms with van der Waals surface area (Å²) in [5.41, 5.74) is 3.83. The smallest absolute Gasteiger partial charge is 0.0481 e. The summed E-state index contributed by atoms with van der Waals surface area (Å²) in [4.78, 5) is 0. The third-order valence-corrected chi connectivity index (χ3v) is 2.58. The zero-order chi connectivity index (χ0) is 10.7. The highest BCUT2D eigenvalue weighted by Crippen LogP contribution is 2.20. The summed E-state index contributed by atoms with van der Waals surface area (Å²) in [5, 5.41) is 0. The summed E-state index contributed by atoms with van der Waals surface area (Å²) < 4.78 is 2.14. The van der Waals surface area contributed by atoms with Gasteiger partial charge in [0.1, 0.15) is 0 Å². The monoisotopic (exact) mass is 197 g/mol. The Kier molecular flexibility index (Phi) is 2.72. The SMILES string of the molecule is C/C=C(\c1ccccc1C)n1cccc1. The van der Waals surface area contributed by atoms with Crippen LogP contribution < -0.4 is 0 Å². The maximum atomic E-state index is 2.16. The molecule has 2 rings (SSSR count). The maximum absolute atomic E-state index is 2.16. The van der Waals surface area contributed by atoms with E-state index in [-0.39, 0.29) is 0 Å². The highest BCUT2D eigenvalue weighted by Gasteiger charge is 2.03. The van der Waals surface area contributed by atoms with E-state index in [0.717, 1.165) is 0 Å². The van der Waals surface area contributed by atoms with Gasteiger partial charge in [-0.2, -0.15) is 0 Å². The number of benzene rings is 1. The lowest BCUT2D eigenvalue weighted by molar-refractivity contribution is 1.10. The van der Waals surface area contributed by atoms with E-state index in [4.69, 9.17) is 0 Å². The van der Waals surface area contributed by atoms with Crippen LogP contribution in [0.2, 0.25) is 0 Å². The summed E-state index contributed by atoms with van der Waals surface area (Å²) in [6, 6.07) is 12.5. The van der Waals surface area contributed by atoms with Gasteiger partial charge in [-0.05, 0) is 31.5 Å². The second-order valence-electron chi connectivity index (χ2n) is 3.58. The van der Waals surface area contributed by atoms with Crippen molar-refractivity contribution in [3.05, 3.63) is 66.0 Å². The fourth-order valence-electron chi connectivity index (χ4n) is 1.80. The van der Waals surface area contributed by atoms with Crippen molar-refractivity contribution in [2.24, 2.45) is 0 Å². The van der Waals surface area contributed by atoms with Gasteiger partial charge in [0.05, 0.1) is 0 Å². The molecule has 0 fully saturated rings. The van der Waals surface area contributed by atoms with Gasteiger partial charge in [0, 0.05) is 23.7 Å². The van der Waals surface area contributed by atoms with Crippen LogP contribution in [0.3, 0.4) is 0 Å². The normalized spacial score (nSPS) is 11.7. The molecule has 0 bridgehead atoms. The minimum atomic E-state index is 1.23. The molecule has 1 heterocycles. The van der Waals surface area contributed by atoms with Gasteiger partial charge in [-0.1, -0.05) is 30.3 Å². The lowest BCUT2D eigenvalue weighted by atomic mass is 10.1. The van der Waals surface area contributed by atoms with Crippen LogP contribution in [0, 0.1) is 6.92 Å². The van der Waals surface area contributed by atoms with Crippen molar-refractivity contribution in [1.29, 1.82) is 0 Å². The number of nitrogens with zero attached hydrogens (tertiary/aromatic N) is 1. The first-order valence-electron chi connectivity index (χ1n) is 5.18. The predicted octanol–water partition coefficient (Wildman–Crippen LogP) is 3.71. The van der Waals surface area contributed by atoms with Gasteiger partial charge in [0.2, 0.25) is 0 Å². The molecule has 0 saturated heterocycles. The van der Waals surface area contributed by atoms with Crippen molar-refractivity contribution in [2.45, 2.75) is 13.8 Å². The largest absolute Gasteiger partial charge is 0.324 e. The summed E-state index contributed by atoms with van der Waals surface area (Å²) >= 11 is 0. The molecule has 0 spiro atoms. The van der Waals surface area contributed by atoms with E-state index in [2.05, 4.69) is 61.1 Å². The van der Waals surface area contributed by atoms with E-state index in [9.17, 15) is 0 Å². The Bertz CT molecular complexity index is 464. The molecule has 0 N–H and O–H groups in total. The predicted molar refractivity (Wildman–Crippen MR) is 64.7 cm³/mol. The molecule has 1 aromatic heterocycles. The van der Waals surface area contributed by atoms with Crippen LogP contribution in [0.15, 0.2) is 54.9 Å². The number of allylic oxidation sites excluding steroid dienone is 1. The average molecular weight is 197 g/mol. The molecule has 0 radical (unpaired) electrons.